The van der Waals surface area contributed by atoms with Crippen LogP contribution in [0, 0.1) is 0 Å². The topological polar surface area (TPSA) is 108 Å². The van der Waals surface area contributed by atoms with Gasteiger partial charge >= 0.3 is 5.97 Å². The zero-order valence-corrected chi connectivity index (χ0v) is 8.49. The number of Topliss-reactive ketones (excluding diaryl/α,β-unsaturated/α-hetero) is 1. The number of nitrogens with zero attached hydrogens (tertiary/aromatic N) is 1. The number of carbonyl (C=O) groups excluding carboxylic acids is 1. The SMILES string of the molecule is CC(=O)c1ccc(C(O)C(O)C(=O)O)cn1. The highest BCUT2D eigenvalue weighted by Crippen LogP contribution is 2.16. The second kappa shape index (κ2) is 4.82. The lowest BCUT2D eigenvalue weighted by molar-refractivity contribution is -0.153. The molecule has 0 spiro atoms. The van der Waals surface area contributed by atoms with Crippen LogP contribution < -0.4 is 0 Å². The van der Waals surface area contributed by atoms with Crippen LogP contribution in [0.3, 0.4) is 0 Å². The summed E-state index contributed by atoms with van der Waals surface area (Å²) in [6.45, 7) is 1.34. The van der Waals surface area contributed by atoms with Crippen LogP contribution in [0.1, 0.15) is 29.1 Å². The number of aliphatic hydroxyl groups is 2. The van der Waals surface area contributed by atoms with Crippen LogP contribution in [0.25, 0.3) is 0 Å². The molecule has 1 aromatic rings. The predicted octanol–water partition coefficient (Wildman–Crippen LogP) is -0.237. The average Bonchev–Trinajstić information content (AvgIpc) is 2.27. The lowest BCUT2D eigenvalue weighted by Gasteiger charge is -2.13. The Labute approximate surface area is 91.2 Å². The van der Waals surface area contributed by atoms with Gasteiger partial charge in [0, 0.05) is 18.7 Å². The van der Waals surface area contributed by atoms with E-state index >= 15 is 0 Å². The molecule has 0 fully saturated rings. The van der Waals surface area contributed by atoms with Gasteiger partial charge in [-0.1, -0.05) is 6.07 Å². The van der Waals surface area contributed by atoms with E-state index in [2.05, 4.69) is 4.98 Å². The van der Waals surface area contributed by atoms with E-state index in [0.29, 0.717) is 0 Å². The van der Waals surface area contributed by atoms with Crippen LogP contribution >= 0.6 is 0 Å². The van der Waals surface area contributed by atoms with E-state index in [4.69, 9.17) is 10.2 Å². The van der Waals surface area contributed by atoms with E-state index in [9.17, 15) is 14.7 Å². The van der Waals surface area contributed by atoms with Gasteiger partial charge in [-0.05, 0) is 6.07 Å². The summed E-state index contributed by atoms with van der Waals surface area (Å²) in [6.07, 6.45) is -2.32. The Morgan fingerprint density at radius 2 is 1.94 bits per heavy atom. The number of carbonyl (C=O) groups is 2. The van der Waals surface area contributed by atoms with Gasteiger partial charge in [0.1, 0.15) is 11.8 Å². The second-order valence-corrected chi connectivity index (χ2v) is 3.26. The highest BCUT2D eigenvalue weighted by molar-refractivity contribution is 5.92. The standard InChI is InChI=1S/C10H11NO5/c1-5(12)7-3-2-6(4-11-7)8(13)9(14)10(15)16/h2-4,8-9,13-14H,1H3,(H,15,16). The molecule has 3 N–H and O–H groups in total. The van der Waals surface area contributed by atoms with Crippen molar-refractivity contribution in [1.82, 2.24) is 4.98 Å². The number of hydrogen-bond donors (Lipinski definition) is 3. The number of carboxylic acids is 1. The van der Waals surface area contributed by atoms with Gasteiger partial charge in [0.05, 0.1) is 0 Å². The first-order chi connectivity index (χ1) is 7.43. The molecule has 0 aliphatic heterocycles. The van der Waals surface area contributed by atoms with Crippen LogP contribution in [0.4, 0.5) is 0 Å². The third-order valence-electron chi connectivity index (χ3n) is 2.04. The van der Waals surface area contributed by atoms with Crippen molar-refractivity contribution in [3.05, 3.63) is 29.6 Å². The molecule has 16 heavy (non-hydrogen) atoms. The van der Waals surface area contributed by atoms with Crippen molar-refractivity contribution < 1.29 is 24.9 Å². The molecular formula is C10H11NO5. The number of carboxylic acid groups (broad SMARTS) is 1. The number of aromatic nitrogens is 1. The molecule has 6 nitrogen and oxygen atoms in total. The fraction of sp³-hybridized carbons (Fsp3) is 0.300. The lowest BCUT2D eigenvalue weighted by atomic mass is 10.1. The molecule has 0 saturated heterocycles. The maximum atomic E-state index is 10.9. The molecule has 2 unspecified atom stereocenters. The highest BCUT2D eigenvalue weighted by atomic mass is 16.4. The summed E-state index contributed by atoms with van der Waals surface area (Å²) in [6, 6.07) is 2.70. The number of aliphatic hydroxyl groups excluding tert-OH is 2. The first kappa shape index (κ1) is 12.3. The summed E-state index contributed by atoms with van der Waals surface area (Å²) in [7, 11) is 0. The summed E-state index contributed by atoms with van der Waals surface area (Å²) in [5.74, 6) is -1.76. The molecule has 0 radical (unpaired) electrons. The summed E-state index contributed by atoms with van der Waals surface area (Å²) >= 11 is 0. The van der Waals surface area contributed by atoms with Gasteiger partial charge in [-0.2, -0.15) is 0 Å². The number of ketones is 1. The quantitative estimate of drug-likeness (QED) is 0.610. The number of hydrogen-bond acceptors (Lipinski definition) is 5. The van der Waals surface area contributed by atoms with E-state index in [0.717, 1.165) is 6.20 Å². The zero-order valence-electron chi connectivity index (χ0n) is 8.49. The van der Waals surface area contributed by atoms with Gasteiger partial charge < -0.3 is 15.3 Å². The third-order valence-corrected chi connectivity index (χ3v) is 2.04. The second-order valence-electron chi connectivity index (χ2n) is 3.26. The molecule has 1 heterocycles. The molecule has 1 aromatic heterocycles. The Balaban J connectivity index is 2.89. The number of aliphatic carboxylic acids is 1. The van der Waals surface area contributed by atoms with E-state index in [-0.39, 0.29) is 17.0 Å². The molecule has 0 aliphatic carbocycles. The smallest absolute Gasteiger partial charge is 0.335 e. The Morgan fingerprint density at radius 3 is 2.31 bits per heavy atom. The van der Waals surface area contributed by atoms with E-state index in [1.54, 1.807) is 0 Å². The Hall–Kier alpha value is -1.79. The predicted molar refractivity (Wildman–Crippen MR) is 52.8 cm³/mol. The van der Waals surface area contributed by atoms with Crippen molar-refractivity contribution in [2.45, 2.75) is 19.1 Å². The Kier molecular flexibility index (Phi) is 3.70. The van der Waals surface area contributed by atoms with Crippen LogP contribution in [0.15, 0.2) is 18.3 Å². The van der Waals surface area contributed by atoms with E-state index in [1.165, 1.54) is 19.1 Å². The van der Waals surface area contributed by atoms with E-state index < -0.39 is 18.2 Å². The fourth-order valence-electron chi connectivity index (χ4n) is 1.11. The van der Waals surface area contributed by atoms with Crippen molar-refractivity contribution in [3.8, 4) is 0 Å². The first-order valence-electron chi connectivity index (χ1n) is 4.49. The van der Waals surface area contributed by atoms with Gasteiger partial charge in [0.15, 0.2) is 11.9 Å². The average molecular weight is 225 g/mol. The van der Waals surface area contributed by atoms with Crippen LogP contribution in [0.5, 0.6) is 0 Å². The summed E-state index contributed by atoms with van der Waals surface area (Å²) < 4.78 is 0. The molecule has 0 aromatic carbocycles. The summed E-state index contributed by atoms with van der Waals surface area (Å²) in [5, 5.41) is 27.0. The minimum Gasteiger partial charge on any atom is -0.479 e. The number of rotatable bonds is 4. The van der Waals surface area contributed by atoms with Crippen molar-refractivity contribution in [1.29, 1.82) is 0 Å². The van der Waals surface area contributed by atoms with Gasteiger partial charge in [0.2, 0.25) is 0 Å². The minimum atomic E-state index is -1.91. The Bertz CT molecular complexity index is 400. The lowest BCUT2D eigenvalue weighted by Crippen LogP contribution is -2.27. The zero-order chi connectivity index (χ0) is 12.3. The minimum absolute atomic E-state index is 0.139. The van der Waals surface area contributed by atoms with Gasteiger partial charge in [-0.15, -0.1) is 0 Å². The summed E-state index contributed by atoms with van der Waals surface area (Å²) in [5.41, 5.74) is 0.348. The largest absolute Gasteiger partial charge is 0.479 e. The molecule has 6 heteroatoms. The molecule has 2 atom stereocenters. The maximum absolute atomic E-state index is 10.9. The van der Waals surface area contributed by atoms with Gasteiger partial charge in [0.25, 0.3) is 0 Å². The highest BCUT2D eigenvalue weighted by Gasteiger charge is 2.25. The molecule has 0 bridgehead atoms. The van der Waals surface area contributed by atoms with Gasteiger partial charge in [-0.3, -0.25) is 9.78 Å². The fourth-order valence-corrected chi connectivity index (χ4v) is 1.11. The van der Waals surface area contributed by atoms with Crippen LogP contribution in [0.2, 0.25) is 0 Å². The first-order valence-corrected chi connectivity index (χ1v) is 4.49. The van der Waals surface area contributed by atoms with Crippen LogP contribution in [-0.2, 0) is 4.79 Å². The van der Waals surface area contributed by atoms with Crippen molar-refractivity contribution in [3.63, 3.8) is 0 Å². The summed E-state index contributed by atoms with van der Waals surface area (Å²) in [4.78, 5) is 25.0. The normalized spacial score (nSPS) is 14.2. The van der Waals surface area contributed by atoms with Crippen molar-refractivity contribution in [2.24, 2.45) is 0 Å². The Morgan fingerprint density at radius 1 is 1.31 bits per heavy atom. The molecule has 0 saturated carbocycles. The molecule has 0 amide bonds. The van der Waals surface area contributed by atoms with Crippen molar-refractivity contribution >= 4 is 11.8 Å². The molecular weight excluding hydrogens is 214 g/mol. The maximum Gasteiger partial charge on any atom is 0.335 e. The molecule has 1 rings (SSSR count). The molecule has 86 valence electrons. The molecule has 0 aliphatic rings. The van der Waals surface area contributed by atoms with Gasteiger partial charge in [-0.25, -0.2) is 4.79 Å². The van der Waals surface area contributed by atoms with E-state index in [1.807, 2.05) is 0 Å². The number of pyridine rings is 1. The third kappa shape index (κ3) is 2.62. The monoisotopic (exact) mass is 225 g/mol. The van der Waals surface area contributed by atoms with Crippen LogP contribution in [-0.4, -0.2) is 38.2 Å². The van der Waals surface area contributed by atoms with Crippen molar-refractivity contribution in [2.75, 3.05) is 0 Å².